The molecule has 0 amide bonds. The zero-order chi connectivity index (χ0) is 14.1. The summed E-state index contributed by atoms with van der Waals surface area (Å²) >= 11 is 6.07. The predicted octanol–water partition coefficient (Wildman–Crippen LogP) is 2.61. The van der Waals surface area contributed by atoms with E-state index >= 15 is 0 Å². The number of aliphatic hydroxyl groups is 1. The van der Waals surface area contributed by atoms with Crippen molar-refractivity contribution in [3.05, 3.63) is 22.7 Å². The second-order valence-corrected chi connectivity index (χ2v) is 4.57. The van der Waals surface area contributed by atoms with E-state index in [4.69, 9.17) is 26.2 Å². The number of hydrogen-bond acceptors (Lipinski definition) is 4. The number of hydrogen-bond donors (Lipinski definition) is 2. The van der Waals surface area contributed by atoms with Crippen LogP contribution in [0.5, 0.6) is 11.5 Å². The van der Waals surface area contributed by atoms with E-state index in [0.29, 0.717) is 23.9 Å². The summed E-state index contributed by atoms with van der Waals surface area (Å²) in [7, 11) is 1.60. The Labute approximate surface area is 119 Å². The first kappa shape index (κ1) is 16.1. The van der Waals surface area contributed by atoms with Crippen molar-refractivity contribution >= 4 is 11.6 Å². The molecule has 0 atom stereocenters. The zero-order valence-electron chi connectivity index (χ0n) is 11.5. The van der Waals surface area contributed by atoms with Crippen LogP contribution in [0.2, 0.25) is 5.02 Å². The van der Waals surface area contributed by atoms with E-state index in [-0.39, 0.29) is 6.61 Å². The van der Waals surface area contributed by atoms with Crippen LogP contribution in [-0.2, 0) is 6.54 Å². The highest BCUT2D eigenvalue weighted by molar-refractivity contribution is 6.30. The molecule has 1 rings (SSSR count). The molecule has 2 N–H and O–H groups in total. The van der Waals surface area contributed by atoms with Gasteiger partial charge in [-0.25, -0.2) is 0 Å². The van der Waals surface area contributed by atoms with Gasteiger partial charge in [0.2, 0.25) is 0 Å². The molecule has 4 nitrogen and oxygen atoms in total. The number of benzene rings is 1. The van der Waals surface area contributed by atoms with E-state index < -0.39 is 0 Å². The van der Waals surface area contributed by atoms with Crippen LogP contribution >= 0.6 is 11.6 Å². The highest BCUT2D eigenvalue weighted by atomic mass is 35.5. The van der Waals surface area contributed by atoms with E-state index in [1.165, 1.54) is 0 Å². The standard InChI is InChI=1S/C14H22ClNO3/c1-3-19-14-11(10-16-6-4-5-7-17)8-12(15)9-13(14)18-2/h8-9,16-17H,3-7,10H2,1-2H3. The van der Waals surface area contributed by atoms with Gasteiger partial charge >= 0.3 is 0 Å². The van der Waals surface area contributed by atoms with Gasteiger partial charge in [0.15, 0.2) is 11.5 Å². The Balaban J connectivity index is 2.71. The summed E-state index contributed by atoms with van der Waals surface area (Å²) in [5.74, 6) is 1.39. The monoisotopic (exact) mass is 287 g/mol. The molecule has 0 heterocycles. The van der Waals surface area contributed by atoms with Crippen LogP contribution in [0.15, 0.2) is 12.1 Å². The van der Waals surface area contributed by atoms with Crippen LogP contribution in [0.3, 0.4) is 0 Å². The first-order valence-electron chi connectivity index (χ1n) is 6.53. The number of nitrogens with one attached hydrogen (secondary N) is 1. The van der Waals surface area contributed by atoms with E-state index in [0.717, 1.165) is 30.7 Å². The Morgan fingerprint density at radius 2 is 2.11 bits per heavy atom. The van der Waals surface area contributed by atoms with E-state index in [1.807, 2.05) is 13.0 Å². The Morgan fingerprint density at radius 3 is 2.74 bits per heavy atom. The number of rotatable bonds is 9. The molecular weight excluding hydrogens is 266 g/mol. The van der Waals surface area contributed by atoms with Crippen molar-refractivity contribution in [1.82, 2.24) is 5.32 Å². The fraction of sp³-hybridized carbons (Fsp3) is 0.571. The first-order valence-corrected chi connectivity index (χ1v) is 6.91. The number of ether oxygens (including phenoxy) is 2. The van der Waals surface area contributed by atoms with Crippen LogP contribution < -0.4 is 14.8 Å². The Morgan fingerprint density at radius 1 is 1.32 bits per heavy atom. The van der Waals surface area contributed by atoms with Crippen molar-refractivity contribution < 1.29 is 14.6 Å². The van der Waals surface area contributed by atoms with Gasteiger partial charge in [-0.1, -0.05) is 11.6 Å². The lowest BCUT2D eigenvalue weighted by Gasteiger charge is -2.15. The average Bonchev–Trinajstić information content (AvgIpc) is 2.41. The van der Waals surface area contributed by atoms with Crippen molar-refractivity contribution in [1.29, 1.82) is 0 Å². The number of methoxy groups -OCH3 is 1. The molecular formula is C14H22ClNO3. The summed E-state index contributed by atoms with van der Waals surface area (Å²) in [6, 6.07) is 3.63. The van der Waals surface area contributed by atoms with Crippen molar-refractivity contribution in [3.8, 4) is 11.5 Å². The fourth-order valence-electron chi connectivity index (χ4n) is 1.80. The minimum absolute atomic E-state index is 0.233. The molecule has 0 bridgehead atoms. The Bertz CT molecular complexity index is 385. The largest absolute Gasteiger partial charge is 0.493 e. The van der Waals surface area contributed by atoms with Gasteiger partial charge in [-0.15, -0.1) is 0 Å². The molecule has 0 aliphatic rings. The van der Waals surface area contributed by atoms with Crippen molar-refractivity contribution in [3.63, 3.8) is 0 Å². The quantitative estimate of drug-likeness (QED) is 0.686. The average molecular weight is 288 g/mol. The second kappa shape index (κ2) is 9.02. The van der Waals surface area contributed by atoms with Crippen LogP contribution in [0.25, 0.3) is 0 Å². The molecule has 0 spiro atoms. The highest BCUT2D eigenvalue weighted by Gasteiger charge is 2.12. The second-order valence-electron chi connectivity index (χ2n) is 4.14. The molecule has 0 aliphatic carbocycles. The summed E-state index contributed by atoms with van der Waals surface area (Å²) in [5.41, 5.74) is 0.982. The van der Waals surface area contributed by atoms with Crippen LogP contribution in [0.4, 0.5) is 0 Å². The summed E-state index contributed by atoms with van der Waals surface area (Å²) in [5, 5.41) is 12.7. The highest BCUT2D eigenvalue weighted by Crippen LogP contribution is 2.34. The molecule has 19 heavy (non-hydrogen) atoms. The van der Waals surface area contributed by atoms with E-state index in [9.17, 15) is 0 Å². The van der Waals surface area contributed by atoms with Gasteiger partial charge in [0, 0.05) is 29.8 Å². The summed E-state index contributed by atoms with van der Waals surface area (Å²) in [6.07, 6.45) is 1.75. The molecule has 0 fully saturated rings. The molecule has 1 aromatic carbocycles. The van der Waals surface area contributed by atoms with Crippen molar-refractivity contribution in [2.75, 3.05) is 26.9 Å². The van der Waals surface area contributed by atoms with Gasteiger partial charge < -0.3 is 19.9 Å². The van der Waals surface area contributed by atoms with Gasteiger partial charge in [-0.05, 0) is 32.4 Å². The maximum absolute atomic E-state index is 8.72. The summed E-state index contributed by atoms with van der Waals surface area (Å²) < 4.78 is 10.9. The number of aliphatic hydroxyl groups excluding tert-OH is 1. The first-order chi connectivity index (χ1) is 9.22. The smallest absolute Gasteiger partial charge is 0.165 e. The molecule has 0 saturated heterocycles. The normalized spacial score (nSPS) is 10.5. The van der Waals surface area contributed by atoms with Crippen LogP contribution in [0, 0.1) is 0 Å². The zero-order valence-corrected chi connectivity index (χ0v) is 12.3. The third kappa shape index (κ3) is 5.27. The number of halogens is 1. The minimum atomic E-state index is 0.233. The van der Waals surface area contributed by atoms with Gasteiger partial charge in [0.05, 0.1) is 13.7 Å². The van der Waals surface area contributed by atoms with E-state index in [2.05, 4.69) is 5.32 Å². The lowest BCUT2D eigenvalue weighted by molar-refractivity contribution is 0.283. The molecule has 1 aromatic rings. The van der Waals surface area contributed by atoms with Crippen molar-refractivity contribution in [2.24, 2.45) is 0 Å². The summed E-state index contributed by atoms with van der Waals surface area (Å²) in [4.78, 5) is 0. The van der Waals surface area contributed by atoms with Gasteiger partial charge in [-0.3, -0.25) is 0 Å². The molecule has 0 radical (unpaired) electrons. The maximum atomic E-state index is 8.72. The molecule has 0 unspecified atom stereocenters. The predicted molar refractivity (Wildman–Crippen MR) is 77.2 cm³/mol. The Hall–Kier alpha value is -0.970. The fourth-order valence-corrected chi connectivity index (χ4v) is 2.03. The van der Waals surface area contributed by atoms with Crippen LogP contribution in [0.1, 0.15) is 25.3 Å². The number of unbranched alkanes of at least 4 members (excludes halogenated alkanes) is 1. The molecule has 0 aliphatic heterocycles. The Kier molecular flexibility index (Phi) is 7.63. The van der Waals surface area contributed by atoms with Crippen LogP contribution in [-0.4, -0.2) is 32.0 Å². The minimum Gasteiger partial charge on any atom is -0.493 e. The third-order valence-electron chi connectivity index (χ3n) is 2.68. The lowest BCUT2D eigenvalue weighted by atomic mass is 10.1. The van der Waals surface area contributed by atoms with Gasteiger partial charge in [0.25, 0.3) is 0 Å². The molecule has 108 valence electrons. The maximum Gasteiger partial charge on any atom is 0.165 e. The van der Waals surface area contributed by atoms with Gasteiger partial charge in [-0.2, -0.15) is 0 Å². The molecule has 0 aromatic heterocycles. The molecule has 0 saturated carbocycles. The van der Waals surface area contributed by atoms with Crippen molar-refractivity contribution in [2.45, 2.75) is 26.3 Å². The van der Waals surface area contributed by atoms with Gasteiger partial charge in [0.1, 0.15) is 0 Å². The summed E-state index contributed by atoms with van der Waals surface area (Å²) in [6.45, 7) is 4.26. The third-order valence-corrected chi connectivity index (χ3v) is 2.90. The topological polar surface area (TPSA) is 50.7 Å². The molecule has 5 heteroatoms. The van der Waals surface area contributed by atoms with E-state index in [1.54, 1.807) is 13.2 Å². The lowest BCUT2D eigenvalue weighted by Crippen LogP contribution is -2.16. The SMILES string of the molecule is CCOc1c(CNCCCCO)cc(Cl)cc1OC.